The molecular weight excluding hydrogens is 1150 g/mol. The van der Waals surface area contributed by atoms with E-state index in [0.29, 0.717) is 0 Å². The Labute approximate surface area is 516 Å². The van der Waals surface area contributed by atoms with Crippen molar-refractivity contribution in [3.63, 3.8) is 0 Å². The molecular formula is C74H54Cl2N6OP2S. The summed E-state index contributed by atoms with van der Waals surface area (Å²) in [5.74, 6) is 0. The summed E-state index contributed by atoms with van der Waals surface area (Å²) < 4.78 is 16.3. The van der Waals surface area contributed by atoms with Gasteiger partial charge in [0.15, 0.2) is 7.14 Å². The quantitative estimate of drug-likeness (QED) is 0.120. The van der Waals surface area contributed by atoms with E-state index in [0.717, 1.165) is 84.2 Å². The minimum Gasteiger partial charge on any atom is -0.309 e. The van der Waals surface area contributed by atoms with Crippen LogP contribution in [0.15, 0.2) is 291 Å². The van der Waals surface area contributed by atoms with Gasteiger partial charge >= 0.3 is 0 Å². The Morgan fingerprint density at radius 3 is 0.535 bits per heavy atom. The standard InChI is InChI=1S/C36H24N3OP.C36H24N3PS.CH2Cl2.CH4/c40-41-34-28-19-10-21-30(34)38(26-15-6-2-7-16-26)32-23-12-24-33(36(32)41)39(27-17-8-3-9-18-27)31-22-11-20-29(35(31)41)37(28)25-13-4-1-5-14-25;41-40-34-28-19-10-21-30(34)38(26-15-6-2-7-16-26)32-23-12-24-33(36(32)40)39(27-17-8-3-9-18-27)31-22-11-20-29(35(31)40)37(28)25-13-4-1-5-14-25;2-1-3;/h2*1-24H;1H2;1H4. The minimum absolute atomic E-state index is 0. The maximum Gasteiger partial charge on any atom is 0.183 e. The highest BCUT2D eigenvalue weighted by Gasteiger charge is 2.55. The van der Waals surface area contributed by atoms with Crippen molar-refractivity contribution in [2.45, 2.75) is 7.43 Å². The van der Waals surface area contributed by atoms with Gasteiger partial charge < -0.3 is 34.0 Å². The largest absolute Gasteiger partial charge is 0.309 e. The van der Waals surface area contributed by atoms with Crippen molar-refractivity contribution >= 4 is 182 Å². The summed E-state index contributed by atoms with van der Waals surface area (Å²) in [4.78, 5) is 14.1. The zero-order valence-electron chi connectivity index (χ0n) is 45.6. The van der Waals surface area contributed by atoms with E-state index in [-0.39, 0.29) is 12.8 Å². The number of alkyl halides is 2. The molecule has 6 heterocycles. The number of rotatable bonds is 6. The van der Waals surface area contributed by atoms with Crippen molar-refractivity contribution < 1.29 is 4.57 Å². The van der Waals surface area contributed by atoms with Crippen molar-refractivity contribution in [1.82, 2.24) is 0 Å². The first-order valence-corrected chi connectivity index (χ1v) is 33.8. The van der Waals surface area contributed by atoms with Crippen LogP contribution in [-0.4, -0.2) is 5.34 Å². The number of anilines is 18. The van der Waals surface area contributed by atoms with E-state index in [9.17, 15) is 0 Å². The molecule has 416 valence electrons. The van der Waals surface area contributed by atoms with Gasteiger partial charge in [0.25, 0.3) is 0 Å². The lowest BCUT2D eigenvalue weighted by atomic mass is 10.1. The summed E-state index contributed by atoms with van der Waals surface area (Å²) in [5.41, 5.74) is 19.4. The lowest BCUT2D eigenvalue weighted by Gasteiger charge is -2.51. The molecule has 6 aliphatic heterocycles. The minimum atomic E-state index is -3.28. The molecule has 0 amide bonds. The Kier molecular flexibility index (Phi) is 13.2. The Hall–Kier alpha value is -9.10. The van der Waals surface area contributed by atoms with E-state index >= 15 is 4.57 Å². The van der Waals surface area contributed by atoms with Gasteiger partial charge in [0.05, 0.1) is 95.5 Å². The van der Waals surface area contributed by atoms with Crippen LogP contribution in [0.4, 0.5) is 102 Å². The van der Waals surface area contributed by atoms with Gasteiger partial charge in [-0.3, -0.25) is 0 Å². The second kappa shape index (κ2) is 21.1. The van der Waals surface area contributed by atoms with E-state index in [1.807, 2.05) is 18.2 Å². The fourth-order valence-corrected chi connectivity index (χ4v) is 22.8. The molecule has 12 aromatic carbocycles. The SMILES string of the molecule is C.ClCCl.O=P12c3c4cccc3N(c3ccccc3)c3cccc(c31)N(c1ccccc1)c1cccc(c12)N4c1ccccc1.S=P12c3c4cccc3N(c3ccccc3)c3cccc(c31)N(c1ccccc1)c1cccc(c12)N4c1ccccc1. The van der Waals surface area contributed by atoms with Gasteiger partial charge in [-0.05, 0) is 146 Å². The van der Waals surface area contributed by atoms with E-state index in [1.54, 1.807) is 0 Å². The number of hydrogen-bond donors (Lipinski definition) is 0. The van der Waals surface area contributed by atoms with Crippen LogP contribution in [0.1, 0.15) is 7.43 Å². The van der Waals surface area contributed by atoms with Crippen LogP contribution in [0.3, 0.4) is 0 Å². The molecule has 18 rings (SSSR count). The van der Waals surface area contributed by atoms with Gasteiger partial charge in [0.1, 0.15) is 0 Å². The molecule has 0 unspecified atom stereocenters. The summed E-state index contributed by atoms with van der Waals surface area (Å²) in [5, 5.41) is 6.72. The molecule has 0 atom stereocenters. The summed E-state index contributed by atoms with van der Waals surface area (Å²) in [6, 6.07) is 100. The van der Waals surface area contributed by atoms with Gasteiger partial charge in [0, 0.05) is 50.0 Å². The first kappa shape index (κ1) is 53.6. The highest BCUT2D eigenvalue weighted by Crippen LogP contribution is 2.69. The maximum absolute atomic E-state index is 16.3. The second-order valence-corrected chi connectivity index (χ2v) is 28.8. The molecule has 86 heavy (non-hydrogen) atoms. The molecule has 12 heteroatoms. The van der Waals surface area contributed by atoms with Crippen LogP contribution in [0.25, 0.3) is 0 Å². The van der Waals surface area contributed by atoms with Crippen molar-refractivity contribution in [3.05, 3.63) is 291 Å². The summed E-state index contributed by atoms with van der Waals surface area (Å²) in [7, 11) is -3.28. The average Bonchev–Trinajstić information content (AvgIpc) is 0.692. The van der Waals surface area contributed by atoms with E-state index in [4.69, 9.17) is 35.0 Å². The number of para-hydroxylation sites is 6. The van der Waals surface area contributed by atoms with Gasteiger partial charge in [0.2, 0.25) is 0 Å². The van der Waals surface area contributed by atoms with Gasteiger partial charge in [-0.1, -0.05) is 165 Å². The van der Waals surface area contributed by atoms with E-state index in [2.05, 4.69) is 302 Å². The molecule has 12 aromatic rings. The van der Waals surface area contributed by atoms with Crippen LogP contribution in [0, 0.1) is 0 Å². The molecule has 0 spiro atoms. The highest BCUT2D eigenvalue weighted by atomic mass is 35.5. The molecule has 0 N–H and O–H groups in total. The molecule has 0 saturated carbocycles. The summed E-state index contributed by atoms with van der Waals surface area (Å²) >= 11 is 16.7. The molecule has 0 aromatic heterocycles. The first-order valence-electron chi connectivity index (χ1n) is 28.2. The third-order valence-corrected chi connectivity index (χ3v) is 25.0. The Bertz CT molecular complexity index is 3820. The smallest absolute Gasteiger partial charge is 0.183 e. The number of halogens is 2. The first-order chi connectivity index (χ1) is 41.9. The van der Waals surface area contributed by atoms with Crippen molar-refractivity contribution in [2.75, 3.05) is 34.7 Å². The average molecular weight is 1210 g/mol. The van der Waals surface area contributed by atoms with Crippen molar-refractivity contribution in [1.29, 1.82) is 0 Å². The summed E-state index contributed by atoms with van der Waals surface area (Å²) in [6.07, 6.45) is 0. The monoisotopic (exact) mass is 1210 g/mol. The number of nitrogens with zero attached hydrogens (tertiary/aromatic N) is 6. The molecule has 0 saturated heterocycles. The van der Waals surface area contributed by atoms with Crippen LogP contribution < -0.4 is 61.2 Å². The normalized spacial score (nSPS) is 14.5. The lowest BCUT2D eigenvalue weighted by Crippen LogP contribution is -2.47. The Morgan fingerprint density at radius 2 is 0.384 bits per heavy atom. The van der Waals surface area contributed by atoms with Crippen LogP contribution in [0.5, 0.6) is 0 Å². The van der Waals surface area contributed by atoms with Gasteiger partial charge in [-0.15, -0.1) is 23.2 Å². The molecule has 0 radical (unpaired) electrons. The third kappa shape index (κ3) is 7.67. The lowest BCUT2D eigenvalue weighted by molar-refractivity contribution is 0.592. The molecule has 6 aliphatic rings. The zero-order chi connectivity index (χ0) is 57.0. The maximum atomic E-state index is 16.3. The fraction of sp³-hybridized carbons (Fsp3) is 0.0270. The summed E-state index contributed by atoms with van der Waals surface area (Å²) in [6.45, 7) is 0. The third-order valence-electron chi connectivity index (χ3n) is 16.8. The van der Waals surface area contributed by atoms with Crippen LogP contribution in [-0.2, 0) is 16.4 Å². The predicted molar refractivity (Wildman–Crippen MR) is 371 cm³/mol. The van der Waals surface area contributed by atoms with Crippen molar-refractivity contribution in [2.24, 2.45) is 0 Å². The zero-order valence-corrected chi connectivity index (χ0v) is 49.7. The van der Waals surface area contributed by atoms with E-state index < -0.39 is 13.2 Å². The second-order valence-electron chi connectivity index (χ2n) is 21.2. The van der Waals surface area contributed by atoms with Gasteiger partial charge in [-0.25, -0.2) is 0 Å². The molecule has 0 bridgehead atoms. The highest BCUT2D eigenvalue weighted by molar-refractivity contribution is 8.26. The number of hydrogen-bond acceptors (Lipinski definition) is 8. The molecule has 0 fully saturated rings. The molecule has 7 nitrogen and oxygen atoms in total. The predicted octanol–water partition coefficient (Wildman–Crippen LogP) is 19.5. The van der Waals surface area contributed by atoms with E-state index in [1.165, 1.54) is 50.0 Å². The Morgan fingerprint density at radius 1 is 0.244 bits per heavy atom. The van der Waals surface area contributed by atoms with Crippen LogP contribution in [0.2, 0.25) is 0 Å². The van der Waals surface area contributed by atoms with Crippen LogP contribution >= 0.6 is 36.4 Å². The fourth-order valence-electron chi connectivity index (χ4n) is 13.8. The number of benzene rings is 12. The Balaban J connectivity index is 0.000000138. The molecule has 0 aliphatic carbocycles. The van der Waals surface area contributed by atoms with Crippen molar-refractivity contribution in [3.8, 4) is 0 Å². The van der Waals surface area contributed by atoms with Gasteiger partial charge in [-0.2, -0.15) is 0 Å². The topological polar surface area (TPSA) is 36.5 Å².